The number of hydrogen-bond acceptors (Lipinski definition) is 7. The zero-order valence-electron chi connectivity index (χ0n) is 65.3. The molecule has 0 saturated carbocycles. The van der Waals surface area contributed by atoms with Gasteiger partial charge in [0, 0.05) is 34.2 Å². The molecule has 0 aromatic heterocycles. The lowest BCUT2D eigenvalue weighted by Gasteiger charge is -2.28. The van der Waals surface area contributed by atoms with Crippen LogP contribution < -0.4 is 33.2 Å². The lowest BCUT2D eigenvalue weighted by molar-refractivity contribution is 0.198. The number of hydrogen-bond donors (Lipinski definition) is 6. The van der Waals surface area contributed by atoms with Crippen LogP contribution >= 0.6 is 15.9 Å². The number of alkyl halides is 1. The highest BCUT2D eigenvalue weighted by atomic mass is 79.9. The van der Waals surface area contributed by atoms with Crippen molar-refractivity contribution in [2.24, 2.45) is 64.5 Å². The minimum Gasteiger partial charge on any atom is -0.381 e. The molecule has 1 aliphatic rings. The Hall–Kier alpha value is 0.200. The van der Waals surface area contributed by atoms with Crippen molar-refractivity contribution in [3.05, 3.63) is 0 Å². The zero-order valence-corrected chi connectivity index (χ0v) is 66.9. The van der Waals surface area contributed by atoms with Crippen LogP contribution in [-0.4, -0.2) is 73.4 Å². The average molecular weight is 1350 g/mol. The highest BCUT2D eigenvalue weighted by molar-refractivity contribution is 9.10. The van der Waals surface area contributed by atoms with Crippen molar-refractivity contribution in [3.63, 3.8) is 0 Å². The summed E-state index contributed by atoms with van der Waals surface area (Å²) in [5.41, 5.74) is 17.2. The molecule has 0 amide bonds. The van der Waals surface area contributed by atoms with E-state index in [0.29, 0.717) is 20.9 Å². The van der Waals surface area contributed by atoms with E-state index in [4.69, 9.17) is 21.9 Å². The SMILES string of the molecule is C.C1CCOC1.CC(C)CC(C)CCC(C)(C)Br.CC(C)CC(C)CCC(C)(C)NCCCCCCCCCCCN.CC(C)CC(C)CCC(C)(C)NCCCCCCCCCCCNC(C)(C)CCC(C)CC(C)C.NCCCCCCCCCCCN. The Balaban J connectivity index is -0.000000375. The van der Waals surface area contributed by atoms with E-state index in [2.05, 4.69) is 170 Å². The summed E-state index contributed by atoms with van der Waals surface area (Å²) in [7, 11) is 0. The maximum atomic E-state index is 5.51. The highest BCUT2D eigenvalue weighted by Gasteiger charge is 2.21. The second-order valence-corrected chi connectivity index (χ2v) is 35.6. The van der Waals surface area contributed by atoms with E-state index in [1.165, 1.54) is 283 Å². The van der Waals surface area contributed by atoms with Crippen molar-refractivity contribution in [1.29, 1.82) is 0 Å². The molecule has 0 aliphatic carbocycles. The molecule has 0 aromatic rings. The third-order valence-corrected chi connectivity index (χ3v) is 18.7. The van der Waals surface area contributed by atoms with Crippen molar-refractivity contribution in [3.8, 4) is 0 Å². The van der Waals surface area contributed by atoms with Crippen LogP contribution in [0.4, 0.5) is 0 Å². The number of unbranched alkanes of at least 4 members (excludes halogenated alkanes) is 24. The van der Waals surface area contributed by atoms with Crippen molar-refractivity contribution < 1.29 is 4.74 Å². The molecule has 0 aromatic carbocycles. The van der Waals surface area contributed by atoms with E-state index in [0.717, 1.165) is 80.2 Å². The fourth-order valence-corrected chi connectivity index (χ4v) is 12.9. The van der Waals surface area contributed by atoms with Crippen LogP contribution in [0.5, 0.6) is 0 Å². The number of rotatable bonds is 56. The lowest BCUT2D eigenvalue weighted by Crippen LogP contribution is -2.40. The van der Waals surface area contributed by atoms with Crippen LogP contribution in [0, 0.1) is 47.3 Å². The van der Waals surface area contributed by atoms with Gasteiger partial charge in [-0.3, -0.25) is 0 Å². The van der Waals surface area contributed by atoms with Gasteiger partial charge in [-0.05, 0) is 257 Å². The molecule has 1 saturated heterocycles. The normalized spacial score (nSPS) is 14.3. The number of nitrogens with two attached hydrogens (primary N) is 3. The summed E-state index contributed by atoms with van der Waals surface area (Å²) in [5.74, 6) is 6.77. The third kappa shape index (κ3) is 88.2. The van der Waals surface area contributed by atoms with Gasteiger partial charge in [-0.1, -0.05) is 255 Å². The molecule has 90 heavy (non-hydrogen) atoms. The van der Waals surface area contributed by atoms with E-state index in [9.17, 15) is 0 Å². The Bertz CT molecular complexity index is 1300. The summed E-state index contributed by atoms with van der Waals surface area (Å²) in [5, 5.41) is 11.4. The first-order chi connectivity index (χ1) is 41.9. The molecule has 1 aliphatic heterocycles. The fraction of sp³-hybridized carbons (Fsp3) is 1.00. The number of ether oxygens (including phenoxy) is 1. The van der Waals surface area contributed by atoms with Gasteiger partial charge in [-0.25, -0.2) is 0 Å². The Labute approximate surface area is 580 Å². The van der Waals surface area contributed by atoms with E-state index in [-0.39, 0.29) is 7.43 Å². The van der Waals surface area contributed by atoms with Crippen LogP contribution in [0.1, 0.15) is 409 Å². The highest BCUT2D eigenvalue weighted by Crippen LogP contribution is 2.28. The Morgan fingerprint density at radius 1 is 0.311 bits per heavy atom. The van der Waals surface area contributed by atoms with E-state index in [1.54, 1.807) is 0 Å². The molecular weight excluding hydrogens is 1160 g/mol. The average Bonchev–Trinajstić information content (AvgIpc) is 3.85. The molecule has 8 heteroatoms. The topological polar surface area (TPSA) is 123 Å². The van der Waals surface area contributed by atoms with Crippen molar-refractivity contribution in [1.82, 2.24) is 16.0 Å². The fourth-order valence-electron chi connectivity index (χ4n) is 12.7. The second kappa shape index (κ2) is 67.8. The van der Waals surface area contributed by atoms with Gasteiger partial charge in [0.15, 0.2) is 0 Å². The maximum Gasteiger partial charge on any atom is 0.0466 e. The summed E-state index contributed by atoms with van der Waals surface area (Å²) < 4.78 is 5.28. The third-order valence-electron chi connectivity index (χ3n) is 18.3. The van der Waals surface area contributed by atoms with Gasteiger partial charge in [0.05, 0.1) is 0 Å². The van der Waals surface area contributed by atoms with Crippen LogP contribution in [0.25, 0.3) is 0 Å². The van der Waals surface area contributed by atoms with Crippen molar-refractivity contribution in [2.75, 3.05) is 52.5 Å². The Morgan fingerprint density at radius 3 is 0.667 bits per heavy atom. The maximum absolute atomic E-state index is 5.51. The molecule has 0 spiro atoms. The van der Waals surface area contributed by atoms with E-state index < -0.39 is 0 Å². The standard InChI is InChI=1S/C33H70N2.C22H48N2.C11H23Br.C11H26N2.C4H8O.CH4/c1-28(2)26-30(5)20-22-32(7,8)34-24-18-16-14-12-11-13-15-17-19-25-35-33(9,10)23-21-31(6)27-29(3)4;1-20(2)19-21(3)15-16-22(4,5)24-18-14-12-10-8-6-7-9-11-13-17-23;1-9(2)8-10(3)6-7-11(4,5)12;12-10-8-6-4-2-1-3-5-7-9-11-13;1-2-4-5-3-1;/h28-31,34-35H,11-27H2,1-10H3;20-21,24H,6-19,23H2,1-5H3;9-10H,6-8H2,1-5H3;1-13H2;1-4H2;1H4. The van der Waals surface area contributed by atoms with Crippen LogP contribution in [-0.2, 0) is 4.74 Å². The van der Waals surface area contributed by atoms with E-state index in [1.807, 2.05) is 0 Å². The predicted molar refractivity (Wildman–Crippen MR) is 419 cm³/mol. The first kappa shape index (κ1) is 98.9. The van der Waals surface area contributed by atoms with Crippen LogP contribution in [0.2, 0.25) is 0 Å². The van der Waals surface area contributed by atoms with Gasteiger partial charge in [0.2, 0.25) is 0 Å². The molecule has 4 atom stereocenters. The van der Waals surface area contributed by atoms with Gasteiger partial charge in [-0.15, -0.1) is 0 Å². The minimum atomic E-state index is 0. The Kier molecular flexibility index (Phi) is 74.4. The molecule has 0 bridgehead atoms. The van der Waals surface area contributed by atoms with E-state index >= 15 is 0 Å². The number of nitrogens with one attached hydrogen (secondary N) is 3. The second-order valence-electron chi connectivity index (χ2n) is 33.5. The summed E-state index contributed by atoms with van der Waals surface area (Å²) in [6, 6.07) is 0. The molecule has 0 radical (unpaired) electrons. The number of halogens is 1. The van der Waals surface area contributed by atoms with Crippen molar-refractivity contribution >= 4 is 15.9 Å². The largest absolute Gasteiger partial charge is 0.381 e. The van der Waals surface area contributed by atoms with Gasteiger partial charge < -0.3 is 37.9 Å². The summed E-state index contributed by atoms with van der Waals surface area (Å²) in [6.45, 7) is 55.2. The van der Waals surface area contributed by atoms with Gasteiger partial charge in [-0.2, -0.15) is 0 Å². The molecule has 1 fully saturated rings. The molecule has 7 nitrogen and oxygen atoms in total. The van der Waals surface area contributed by atoms with Crippen LogP contribution in [0.15, 0.2) is 0 Å². The first-order valence-corrected chi connectivity index (χ1v) is 40.3. The Morgan fingerprint density at radius 2 is 0.500 bits per heavy atom. The van der Waals surface area contributed by atoms with Gasteiger partial charge >= 0.3 is 0 Å². The molecular formula is C82H179BrN6O. The molecule has 9 N–H and O–H groups in total. The van der Waals surface area contributed by atoms with Gasteiger partial charge in [0.1, 0.15) is 0 Å². The van der Waals surface area contributed by atoms with Gasteiger partial charge in [0.25, 0.3) is 0 Å². The first-order valence-electron chi connectivity index (χ1n) is 39.5. The smallest absolute Gasteiger partial charge is 0.0466 e. The molecule has 4 unspecified atom stereocenters. The summed E-state index contributed by atoms with van der Waals surface area (Å²) >= 11 is 3.67. The summed E-state index contributed by atoms with van der Waals surface area (Å²) in [6.07, 6.45) is 55.4. The molecule has 550 valence electrons. The summed E-state index contributed by atoms with van der Waals surface area (Å²) in [4.78, 5) is 0. The zero-order chi connectivity index (χ0) is 68.1. The minimum absolute atomic E-state index is 0. The van der Waals surface area contributed by atoms with Crippen molar-refractivity contribution in [2.45, 2.75) is 430 Å². The molecule has 1 heterocycles. The predicted octanol–water partition coefficient (Wildman–Crippen LogP) is 24.9. The molecule has 1 rings (SSSR count). The monoisotopic (exact) mass is 1340 g/mol. The lowest BCUT2D eigenvalue weighted by atomic mass is 9.88. The quantitative estimate of drug-likeness (QED) is 0.0265. The van der Waals surface area contributed by atoms with Crippen LogP contribution in [0.3, 0.4) is 0 Å².